The third kappa shape index (κ3) is 14.1. The van der Waals surface area contributed by atoms with Crippen LogP contribution in [0.5, 0.6) is 0 Å². The van der Waals surface area contributed by atoms with E-state index in [0.717, 1.165) is 74.3 Å². The highest BCUT2D eigenvalue weighted by Crippen LogP contribution is 2.36. The standard InChI is InChI=1S/C42H61N5O13/c1-4-5-6-7-8-9-10-11-12-13-14-15-16-17-18-22-31(50)58-36-33(56-3)34(59-40(36)47-24-23-30(49)46-42(47)55)35(37(43)52)60-41-32(51)28(48)25-29(57-41)39(54)45-27-21-19-20-26(2)44-38(27)53/h5-6,8-9,11-12,23-28,32-36,40-41,48,51H,4,7,10,13-22H2,1-3H3,(H2,43,52)(H,44,53)(H,45,54)(H,46,49,55)/t26-,27+,28+,32+,33-,34+,35-,36-,40-,41-/m1/s1. The SMILES string of the molecule is CCC=CCC=CCC=CCCCCCCCC(=O)O[C@@H]1[C@H](OC)[C@@H]([C@@H](O[C@H]2OC(C(=O)N[C@H]3CCC[C@@H](C)NC3=O)=C[C@H](O)[C@@H]2O)C(N)=O)O[C@H]1n1ccc(=O)[nH]c1=O. The predicted molar refractivity (Wildman–Crippen MR) is 218 cm³/mol. The molecule has 7 N–H and O–H groups in total. The number of ether oxygens (including phenoxy) is 5. The number of aliphatic hydroxyl groups is 2. The number of rotatable bonds is 22. The number of nitrogens with zero attached hydrogens (tertiary/aromatic N) is 1. The minimum absolute atomic E-state index is 0.0268. The van der Waals surface area contributed by atoms with Crippen molar-refractivity contribution < 1.29 is 53.1 Å². The molecule has 0 radical (unpaired) electrons. The van der Waals surface area contributed by atoms with Crippen molar-refractivity contribution in [1.82, 2.24) is 20.2 Å². The van der Waals surface area contributed by atoms with E-state index in [-0.39, 0.29) is 12.5 Å². The van der Waals surface area contributed by atoms with Crippen LogP contribution in [-0.4, -0.2) is 106 Å². The minimum atomic E-state index is -1.89. The second-order valence-corrected chi connectivity index (χ2v) is 15.1. The fourth-order valence-corrected chi connectivity index (χ4v) is 7.13. The zero-order valence-electron chi connectivity index (χ0n) is 34.6. The van der Waals surface area contributed by atoms with Gasteiger partial charge in [-0.05, 0) is 70.8 Å². The maximum atomic E-state index is 13.2. The molecular weight excluding hydrogens is 782 g/mol. The Balaban J connectivity index is 1.39. The number of primary amides is 1. The van der Waals surface area contributed by atoms with Crippen molar-refractivity contribution in [1.29, 1.82) is 0 Å². The Morgan fingerprint density at radius 2 is 1.70 bits per heavy atom. The maximum absolute atomic E-state index is 13.2. The Morgan fingerprint density at radius 1 is 1.00 bits per heavy atom. The highest BCUT2D eigenvalue weighted by Gasteiger charge is 2.54. The summed E-state index contributed by atoms with van der Waals surface area (Å²) in [6, 6.07) is 0.0654. The first-order valence-corrected chi connectivity index (χ1v) is 20.8. The maximum Gasteiger partial charge on any atom is 0.330 e. The molecule has 18 heteroatoms. The summed E-state index contributed by atoms with van der Waals surface area (Å²) in [5.41, 5.74) is 4.15. The highest BCUT2D eigenvalue weighted by atomic mass is 16.7. The molecule has 0 bridgehead atoms. The van der Waals surface area contributed by atoms with Gasteiger partial charge in [0.25, 0.3) is 11.5 Å². The number of amides is 3. The lowest BCUT2D eigenvalue weighted by Crippen LogP contribution is -2.54. The van der Waals surface area contributed by atoms with E-state index in [1.807, 2.05) is 6.92 Å². The lowest BCUT2D eigenvalue weighted by Gasteiger charge is -2.35. The average Bonchev–Trinajstić information content (AvgIpc) is 3.46. The van der Waals surface area contributed by atoms with Crippen LogP contribution in [0, 0.1) is 0 Å². The van der Waals surface area contributed by atoms with Crippen LogP contribution >= 0.6 is 0 Å². The van der Waals surface area contributed by atoms with E-state index in [9.17, 15) is 39.0 Å². The first-order valence-electron chi connectivity index (χ1n) is 20.8. The Kier molecular flexibility index (Phi) is 19.4. The number of carbonyl (C=O) groups excluding carboxylic acids is 4. The third-order valence-corrected chi connectivity index (χ3v) is 10.3. The van der Waals surface area contributed by atoms with E-state index in [1.54, 1.807) is 0 Å². The van der Waals surface area contributed by atoms with E-state index in [2.05, 4.69) is 59.0 Å². The zero-order chi connectivity index (χ0) is 43.6. The van der Waals surface area contributed by atoms with Crippen molar-refractivity contribution in [2.24, 2.45) is 5.73 Å². The summed E-state index contributed by atoms with van der Waals surface area (Å²) in [5, 5.41) is 26.9. The van der Waals surface area contributed by atoms with Crippen LogP contribution in [0.3, 0.4) is 0 Å². The van der Waals surface area contributed by atoms with Crippen molar-refractivity contribution in [3.05, 3.63) is 81.4 Å². The topological polar surface area (TPSA) is 260 Å². The molecule has 1 aromatic rings. The van der Waals surface area contributed by atoms with Crippen LogP contribution in [0.25, 0.3) is 0 Å². The van der Waals surface area contributed by atoms with Gasteiger partial charge < -0.3 is 50.3 Å². The number of H-pyrrole nitrogens is 1. The van der Waals surface area contributed by atoms with E-state index in [4.69, 9.17) is 29.4 Å². The number of nitrogens with one attached hydrogen (secondary N) is 3. The Morgan fingerprint density at radius 3 is 2.40 bits per heavy atom. The van der Waals surface area contributed by atoms with Gasteiger partial charge in [0.05, 0.1) is 0 Å². The smallest absolute Gasteiger partial charge is 0.330 e. The molecule has 0 aromatic carbocycles. The molecule has 10 atom stereocenters. The Hall–Kier alpha value is -4.88. The summed E-state index contributed by atoms with van der Waals surface area (Å²) >= 11 is 0. The molecule has 60 heavy (non-hydrogen) atoms. The second-order valence-electron chi connectivity index (χ2n) is 15.1. The Bertz CT molecular complexity index is 1820. The van der Waals surface area contributed by atoms with E-state index >= 15 is 0 Å². The van der Waals surface area contributed by atoms with E-state index < -0.39 is 95.9 Å². The molecule has 3 amide bonds. The summed E-state index contributed by atoms with van der Waals surface area (Å²) in [6.07, 6.45) is 11.7. The normalized spacial score (nSPS) is 27.6. The summed E-state index contributed by atoms with van der Waals surface area (Å²) in [4.78, 5) is 79.1. The monoisotopic (exact) mass is 843 g/mol. The van der Waals surface area contributed by atoms with Gasteiger partial charge in [0.2, 0.25) is 18.1 Å². The number of hydrogen-bond acceptors (Lipinski definition) is 13. The molecule has 0 spiro atoms. The van der Waals surface area contributed by atoms with Crippen LogP contribution in [0.15, 0.2) is 70.1 Å². The summed E-state index contributed by atoms with van der Waals surface area (Å²) in [6.45, 7) is 3.95. The third-order valence-electron chi connectivity index (χ3n) is 10.3. The molecule has 1 aromatic heterocycles. The zero-order valence-corrected chi connectivity index (χ0v) is 34.6. The molecule has 0 saturated carbocycles. The van der Waals surface area contributed by atoms with Gasteiger partial charge in [-0.1, -0.05) is 62.6 Å². The minimum Gasteiger partial charge on any atom is -0.456 e. The second kappa shape index (κ2) is 24.4. The Labute approximate surface area is 349 Å². The van der Waals surface area contributed by atoms with Gasteiger partial charge in [-0.15, -0.1) is 0 Å². The number of nitrogens with two attached hydrogens (primary N) is 1. The largest absolute Gasteiger partial charge is 0.456 e. The van der Waals surface area contributed by atoms with Crippen molar-refractivity contribution in [3.63, 3.8) is 0 Å². The van der Waals surface area contributed by atoms with Gasteiger partial charge in [-0.3, -0.25) is 33.5 Å². The molecule has 18 nitrogen and oxygen atoms in total. The number of aromatic nitrogens is 2. The van der Waals surface area contributed by atoms with Gasteiger partial charge >= 0.3 is 11.7 Å². The van der Waals surface area contributed by atoms with Gasteiger partial charge in [-0.25, -0.2) is 4.79 Å². The summed E-state index contributed by atoms with van der Waals surface area (Å²) < 4.78 is 30.0. The van der Waals surface area contributed by atoms with Gasteiger partial charge in [0.1, 0.15) is 30.5 Å². The number of aliphatic hydroxyl groups excluding tert-OH is 2. The number of esters is 1. The van der Waals surface area contributed by atoms with Crippen LogP contribution < -0.4 is 27.6 Å². The van der Waals surface area contributed by atoms with Crippen molar-refractivity contribution in [2.75, 3.05) is 7.11 Å². The number of hydrogen-bond donors (Lipinski definition) is 6. The van der Waals surface area contributed by atoms with Crippen molar-refractivity contribution in [2.45, 2.75) is 159 Å². The number of allylic oxidation sites excluding steroid dienone is 6. The first-order chi connectivity index (χ1) is 28.8. The molecule has 332 valence electrons. The molecule has 3 aliphatic heterocycles. The molecule has 4 rings (SSSR count). The number of unbranched alkanes of at least 4 members (excludes halogenated alkanes) is 5. The molecule has 4 heterocycles. The van der Waals surface area contributed by atoms with Gasteiger partial charge in [-0.2, -0.15) is 0 Å². The number of aromatic amines is 1. The quantitative estimate of drug-likeness (QED) is 0.0555. The molecule has 0 unspecified atom stereocenters. The van der Waals surface area contributed by atoms with Crippen LogP contribution in [0.2, 0.25) is 0 Å². The van der Waals surface area contributed by atoms with Crippen molar-refractivity contribution >= 4 is 23.7 Å². The highest BCUT2D eigenvalue weighted by molar-refractivity contribution is 5.95. The lowest BCUT2D eigenvalue weighted by molar-refractivity contribution is -0.241. The number of carbonyl (C=O) groups is 4. The van der Waals surface area contributed by atoms with Gasteiger partial charge in [0, 0.05) is 31.8 Å². The van der Waals surface area contributed by atoms with Gasteiger partial charge in [0.15, 0.2) is 24.2 Å². The average molecular weight is 844 g/mol. The first kappa shape index (κ1) is 47.8. The fourth-order valence-electron chi connectivity index (χ4n) is 7.13. The van der Waals surface area contributed by atoms with Crippen LogP contribution in [0.1, 0.15) is 104 Å². The lowest BCUT2D eigenvalue weighted by atomic mass is 10.0. The molecule has 2 fully saturated rings. The van der Waals surface area contributed by atoms with Crippen LogP contribution in [-0.2, 0) is 42.9 Å². The molecule has 2 saturated heterocycles. The molecule has 3 aliphatic rings. The van der Waals surface area contributed by atoms with E-state index in [0.29, 0.717) is 25.7 Å². The summed E-state index contributed by atoms with van der Waals surface area (Å²) in [5.74, 6) is -3.60. The van der Waals surface area contributed by atoms with E-state index in [1.165, 1.54) is 7.11 Å². The van der Waals surface area contributed by atoms with Crippen LogP contribution in [0.4, 0.5) is 0 Å². The molecular formula is C42H61N5O13. The number of methoxy groups -OCH3 is 1. The fraction of sp³-hybridized carbons (Fsp3) is 0.619. The summed E-state index contributed by atoms with van der Waals surface area (Å²) in [7, 11) is 1.24. The molecule has 0 aliphatic carbocycles. The van der Waals surface area contributed by atoms with Crippen molar-refractivity contribution in [3.8, 4) is 0 Å². The predicted octanol–water partition coefficient (Wildman–Crippen LogP) is 1.96.